The van der Waals surface area contributed by atoms with Gasteiger partial charge in [-0.2, -0.15) is 26.3 Å². The Bertz CT molecular complexity index is 1100. The average Bonchev–Trinajstić information content (AvgIpc) is 2.77. The van der Waals surface area contributed by atoms with Crippen LogP contribution in [0.4, 0.5) is 26.3 Å². The van der Waals surface area contributed by atoms with E-state index < -0.39 is 29.3 Å². The van der Waals surface area contributed by atoms with Crippen molar-refractivity contribution in [1.29, 1.82) is 0 Å². The van der Waals surface area contributed by atoms with Crippen molar-refractivity contribution in [2.75, 3.05) is 0 Å². The van der Waals surface area contributed by atoms with Crippen molar-refractivity contribution in [2.45, 2.75) is 76.7 Å². The predicted octanol–water partition coefficient (Wildman–Crippen LogP) is 7.30. The van der Waals surface area contributed by atoms with E-state index in [9.17, 15) is 36.2 Å². The summed E-state index contributed by atoms with van der Waals surface area (Å²) in [7, 11) is 0. The van der Waals surface area contributed by atoms with Gasteiger partial charge in [0.05, 0.1) is 0 Å². The normalized spacial score (nSPS) is 13.4. The monoisotopic (exact) mass is 516 g/mol. The molecule has 36 heavy (non-hydrogen) atoms. The summed E-state index contributed by atoms with van der Waals surface area (Å²) in [6, 6.07) is 10.7. The first-order valence-electron chi connectivity index (χ1n) is 11.5. The van der Waals surface area contributed by atoms with E-state index in [4.69, 9.17) is 5.11 Å². The molecule has 2 rings (SSSR count). The van der Waals surface area contributed by atoms with Gasteiger partial charge >= 0.3 is 18.3 Å². The topological polar surface area (TPSA) is 57.5 Å². The van der Waals surface area contributed by atoms with Crippen molar-refractivity contribution < 1.29 is 41.4 Å². The minimum Gasteiger partial charge on any atom is -0.481 e. The molecule has 2 aromatic rings. The van der Waals surface area contributed by atoms with Gasteiger partial charge in [-0.15, -0.1) is 0 Å². The fourth-order valence-corrected chi connectivity index (χ4v) is 4.47. The van der Waals surface area contributed by atoms with Crippen molar-refractivity contribution in [2.24, 2.45) is 0 Å². The van der Waals surface area contributed by atoms with Crippen molar-refractivity contribution in [1.82, 2.24) is 0 Å². The third-order valence-corrected chi connectivity index (χ3v) is 6.90. The summed E-state index contributed by atoms with van der Waals surface area (Å²) in [6.07, 6.45) is -9.72. The molecule has 0 unspecified atom stereocenters. The fraction of sp³-hybridized carbons (Fsp3) is 0.444. The van der Waals surface area contributed by atoms with E-state index >= 15 is 0 Å². The lowest BCUT2D eigenvalue weighted by Gasteiger charge is -2.34. The van der Waals surface area contributed by atoms with Crippen LogP contribution in [-0.4, -0.2) is 34.1 Å². The van der Waals surface area contributed by atoms with Gasteiger partial charge in [-0.1, -0.05) is 56.3 Å². The highest BCUT2D eigenvalue weighted by Crippen LogP contribution is 2.45. The van der Waals surface area contributed by atoms with E-state index in [0.29, 0.717) is 30.9 Å². The van der Waals surface area contributed by atoms with Gasteiger partial charge < -0.3 is 10.2 Å². The average molecular weight is 517 g/mol. The first kappa shape index (κ1) is 29.4. The van der Waals surface area contributed by atoms with Gasteiger partial charge in [0.2, 0.25) is 0 Å². The van der Waals surface area contributed by atoms with Crippen LogP contribution < -0.4 is 0 Å². The highest BCUT2D eigenvalue weighted by Gasteiger charge is 2.68. The summed E-state index contributed by atoms with van der Waals surface area (Å²) in [5, 5.41) is 18.3. The molecule has 0 aliphatic rings. The van der Waals surface area contributed by atoms with Crippen LogP contribution in [0.5, 0.6) is 0 Å². The number of alkyl halides is 6. The lowest BCUT2D eigenvalue weighted by molar-refractivity contribution is -0.347. The molecule has 0 aliphatic carbocycles. The van der Waals surface area contributed by atoms with Gasteiger partial charge in [0.25, 0.3) is 5.60 Å². The maximum atomic E-state index is 13.0. The van der Waals surface area contributed by atoms with Crippen LogP contribution in [0.15, 0.2) is 42.5 Å². The van der Waals surface area contributed by atoms with Gasteiger partial charge in [0.15, 0.2) is 0 Å². The molecule has 0 bridgehead atoms. The number of benzene rings is 2. The summed E-state index contributed by atoms with van der Waals surface area (Å²) >= 11 is 0. The molecular weight excluding hydrogens is 486 g/mol. The Morgan fingerprint density at radius 2 is 1.36 bits per heavy atom. The van der Waals surface area contributed by atoms with Crippen molar-refractivity contribution in [3.05, 3.63) is 75.9 Å². The van der Waals surface area contributed by atoms with Gasteiger partial charge in [-0.3, -0.25) is 4.79 Å². The summed E-state index contributed by atoms with van der Waals surface area (Å²) < 4.78 is 78.0. The summed E-state index contributed by atoms with van der Waals surface area (Å²) in [6.45, 7) is 7.47. The third-order valence-electron chi connectivity index (χ3n) is 6.90. The Kier molecular flexibility index (Phi) is 8.71. The molecule has 198 valence electrons. The minimum absolute atomic E-state index is 0.0128. The maximum absolute atomic E-state index is 13.0. The van der Waals surface area contributed by atoms with E-state index in [1.165, 1.54) is 6.07 Å². The lowest BCUT2D eigenvalue weighted by Crippen LogP contribution is -2.55. The largest absolute Gasteiger partial charge is 0.481 e. The number of hydrogen-bond donors (Lipinski definition) is 2. The zero-order valence-corrected chi connectivity index (χ0v) is 20.5. The van der Waals surface area contributed by atoms with Gasteiger partial charge in [-0.25, -0.2) is 0 Å². The Morgan fingerprint density at radius 3 is 1.78 bits per heavy atom. The van der Waals surface area contributed by atoms with Crippen LogP contribution in [0.3, 0.4) is 0 Å². The number of hydrogen-bond acceptors (Lipinski definition) is 2. The van der Waals surface area contributed by atoms with E-state index in [0.717, 1.165) is 22.3 Å². The van der Waals surface area contributed by atoms with Gasteiger partial charge in [-0.05, 0) is 72.6 Å². The van der Waals surface area contributed by atoms with E-state index in [1.807, 2.05) is 39.0 Å². The molecule has 0 fully saturated rings. The van der Waals surface area contributed by atoms with Crippen molar-refractivity contribution in [3.63, 3.8) is 0 Å². The summed E-state index contributed by atoms with van der Waals surface area (Å²) in [5.74, 6) is -0.886. The molecule has 0 radical (unpaired) electrons. The Morgan fingerprint density at radius 1 is 0.861 bits per heavy atom. The molecule has 0 aliphatic heterocycles. The molecular formula is C27H30F6O3. The zero-order chi connectivity index (χ0) is 27.5. The molecule has 0 amide bonds. The predicted molar refractivity (Wildman–Crippen MR) is 126 cm³/mol. The van der Waals surface area contributed by atoms with Crippen LogP contribution in [0.1, 0.15) is 66.5 Å². The van der Waals surface area contributed by atoms with Crippen LogP contribution in [0.2, 0.25) is 0 Å². The first-order valence-corrected chi connectivity index (χ1v) is 11.5. The molecule has 0 aromatic heterocycles. The number of carbonyl (C=O) groups is 1. The van der Waals surface area contributed by atoms with Crippen LogP contribution >= 0.6 is 0 Å². The molecule has 0 atom stereocenters. The van der Waals surface area contributed by atoms with Crippen LogP contribution in [-0.2, 0) is 16.6 Å². The van der Waals surface area contributed by atoms with Gasteiger partial charge in [0.1, 0.15) is 0 Å². The number of carboxylic acid groups (broad SMARTS) is 1. The quantitative estimate of drug-likeness (QED) is 0.344. The van der Waals surface area contributed by atoms with Crippen molar-refractivity contribution >= 4 is 12.0 Å². The first-order chi connectivity index (χ1) is 16.5. The number of aryl methyl sites for hydroxylation is 3. The van der Waals surface area contributed by atoms with Crippen LogP contribution in [0.25, 0.3) is 6.08 Å². The third kappa shape index (κ3) is 5.77. The summed E-state index contributed by atoms with van der Waals surface area (Å²) in [4.78, 5) is 10.9. The molecule has 2 N–H and O–H groups in total. The van der Waals surface area contributed by atoms with E-state index in [2.05, 4.69) is 0 Å². The number of aliphatic hydroxyl groups is 1. The van der Waals surface area contributed by atoms with Crippen LogP contribution in [0, 0.1) is 13.8 Å². The molecule has 0 spiro atoms. The van der Waals surface area contributed by atoms with E-state index in [-0.39, 0.29) is 18.1 Å². The summed E-state index contributed by atoms with van der Waals surface area (Å²) in [5.41, 5.74) is -1.17. The number of halogens is 6. The maximum Gasteiger partial charge on any atom is 0.430 e. The highest BCUT2D eigenvalue weighted by atomic mass is 19.4. The second-order valence-electron chi connectivity index (χ2n) is 8.99. The molecule has 3 nitrogen and oxygen atoms in total. The second-order valence-corrected chi connectivity index (χ2v) is 8.99. The highest BCUT2D eigenvalue weighted by molar-refractivity contribution is 5.67. The molecule has 2 aromatic carbocycles. The van der Waals surface area contributed by atoms with Crippen molar-refractivity contribution in [3.8, 4) is 0 Å². The smallest absolute Gasteiger partial charge is 0.430 e. The van der Waals surface area contributed by atoms with E-state index in [1.54, 1.807) is 19.1 Å². The van der Waals surface area contributed by atoms with Gasteiger partial charge in [0, 0.05) is 11.8 Å². The second kappa shape index (κ2) is 10.7. The molecule has 0 saturated carbocycles. The molecule has 9 heteroatoms. The SMILES string of the molecule is CCC(CC)(c1ccc(/C=C/C(O)(C(F)(F)F)C(F)(F)F)c(C)c1)c1ccc(CCC(=O)O)c(C)c1. The Labute approximate surface area is 206 Å². The molecule has 0 saturated heterocycles. The number of rotatable bonds is 9. The number of aliphatic carboxylic acids is 1. The fourth-order valence-electron chi connectivity index (χ4n) is 4.47. The zero-order valence-electron chi connectivity index (χ0n) is 20.5. The lowest BCUT2D eigenvalue weighted by atomic mass is 9.69. The minimum atomic E-state index is -5.93. The number of carboxylic acids is 1. The molecule has 0 heterocycles. The standard InChI is InChI=1S/C27H30F6O3/c1-5-24(6-2,21-10-7-19(17(3)15-21)9-12-23(34)35)22-11-8-20(18(4)16-22)13-14-25(36,26(28,29)30)27(31,32)33/h7-8,10-11,13-16,36H,5-6,9,12H2,1-4H3,(H,34,35)/b14-13+. The Hall–Kier alpha value is -2.81. The Balaban J connectivity index is 2.50.